The van der Waals surface area contributed by atoms with E-state index >= 15 is 0 Å². The van der Waals surface area contributed by atoms with Crippen LogP contribution in [0.15, 0.2) is 0 Å². The predicted octanol–water partition coefficient (Wildman–Crippen LogP) is 3.35. The van der Waals surface area contributed by atoms with Gasteiger partial charge in [0, 0.05) is 17.9 Å². The van der Waals surface area contributed by atoms with E-state index in [-0.39, 0.29) is 36.6 Å². The van der Waals surface area contributed by atoms with Crippen molar-refractivity contribution in [2.75, 3.05) is 20.3 Å². The minimum Gasteiger partial charge on any atom is -0.465 e. The van der Waals surface area contributed by atoms with Gasteiger partial charge in [-0.1, -0.05) is 0 Å². The van der Waals surface area contributed by atoms with Crippen LogP contribution in [0, 0.1) is 28.6 Å². The molecule has 5 aliphatic carbocycles. The fraction of sp³-hybridized carbons (Fsp3) is 0.909. The molecule has 5 fully saturated rings. The second-order valence-corrected chi connectivity index (χ2v) is 12.3. The Hall–Kier alpha value is -1.33. The van der Waals surface area contributed by atoms with E-state index < -0.39 is 26.8 Å². The van der Waals surface area contributed by atoms with Crippen molar-refractivity contribution in [1.29, 1.82) is 0 Å². The van der Waals surface area contributed by atoms with Crippen molar-refractivity contribution in [3.63, 3.8) is 0 Å². The van der Waals surface area contributed by atoms with Gasteiger partial charge in [-0.25, -0.2) is 4.79 Å². The zero-order valence-corrected chi connectivity index (χ0v) is 19.6. The van der Waals surface area contributed by atoms with Gasteiger partial charge < -0.3 is 14.2 Å². The second-order valence-electron chi connectivity index (χ2n) is 10.8. The lowest BCUT2D eigenvalue weighted by atomic mass is 9.44. The molecule has 0 saturated heterocycles. The van der Waals surface area contributed by atoms with Gasteiger partial charge >= 0.3 is 27.3 Å². The number of carbonyl (C=O) groups is 2. The molecule has 0 heterocycles. The molecular weight excluding hydrogens is 462 g/mol. The van der Waals surface area contributed by atoms with Gasteiger partial charge in [0.05, 0.1) is 25.2 Å². The zero-order valence-electron chi connectivity index (χ0n) is 18.8. The first kappa shape index (κ1) is 24.8. The van der Waals surface area contributed by atoms with E-state index in [0.717, 1.165) is 44.9 Å². The van der Waals surface area contributed by atoms with Crippen molar-refractivity contribution < 1.29 is 45.6 Å². The molecule has 5 rings (SSSR count). The van der Waals surface area contributed by atoms with Crippen molar-refractivity contribution in [3.8, 4) is 0 Å². The summed E-state index contributed by atoms with van der Waals surface area (Å²) in [4.78, 5) is 24.4. The Morgan fingerprint density at radius 1 is 0.970 bits per heavy atom. The second kappa shape index (κ2) is 8.71. The van der Waals surface area contributed by atoms with Crippen molar-refractivity contribution in [2.24, 2.45) is 28.6 Å². The number of hydrogen-bond donors (Lipinski definition) is 1. The third-order valence-electron chi connectivity index (χ3n) is 8.24. The predicted molar refractivity (Wildman–Crippen MR) is 111 cm³/mol. The van der Waals surface area contributed by atoms with Crippen molar-refractivity contribution in [2.45, 2.75) is 75.6 Å². The Balaban J connectivity index is 1.38. The van der Waals surface area contributed by atoms with E-state index in [1.165, 1.54) is 0 Å². The van der Waals surface area contributed by atoms with E-state index in [0.29, 0.717) is 31.1 Å². The molecule has 0 aromatic heterocycles. The highest BCUT2D eigenvalue weighted by Gasteiger charge is 2.60. The summed E-state index contributed by atoms with van der Waals surface area (Å²) in [5, 5.41) is -5.00. The summed E-state index contributed by atoms with van der Waals surface area (Å²) in [5.41, 5.74) is -0.820. The SMILES string of the molecule is COC1CCC(C(=O)OCC23CC4CC(C2)CC(COC(=O)C(F)(F)S(=O)(=O)O)(C4)C3)CC1. The fourth-order valence-corrected chi connectivity index (χ4v) is 7.54. The summed E-state index contributed by atoms with van der Waals surface area (Å²) in [6.07, 6.45) is 8.05. The summed E-state index contributed by atoms with van der Waals surface area (Å²) in [6.45, 7) is -0.0689. The van der Waals surface area contributed by atoms with Gasteiger partial charge in [0.1, 0.15) is 0 Å². The Morgan fingerprint density at radius 2 is 1.48 bits per heavy atom. The maximum Gasteiger partial charge on any atom is 0.465 e. The highest BCUT2D eigenvalue weighted by Crippen LogP contribution is 2.65. The maximum atomic E-state index is 13.6. The highest BCUT2D eigenvalue weighted by atomic mass is 32.2. The standard InChI is InChI=1S/C22H32F2O8S/c1-30-17-4-2-16(3-5-17)18(25)31-12-20-7-14-6-15(8-20)10-21(9-14,11-20)13-32-19(26)22(23,24)33(27,28)29/h14-17H,2-13H2,1H3,(H,27,28,29). The summed E-state index contributed by atoms with van der Waals surface area (Å²) >= 11 is 0. The van der Waals surface area contributed by atoms with Crippen LogP contribution in [0.3, 0.4) is 0 Å². The van der Waals surface area contributed by atoms with Gasteiger partial charge in [-0.05, 0) is 76.0 Å². The van der Waals surface area contributed by atoms with Gasteiger partial charge in [-0.3, -0.25) is 9.35 Å². The molecular formula is C22H32F2O8S. The van der Waals surface area contributed by atoms with Crippen LogP contribution >= 0.6 is 0 Å². The summed E-state index contributed by atoms with van der Waals surface area (Å²) in [5.74, 6) is -1.95. The molecule has 5 saturated carbocycles. The third-order valence-corrected chi connectivity index (χ3v) is 9.05. The highest BCUT2D eigenvalue weighted by molar-refractivity contribution is 7.87. The zero-order chi connectivity index (χ0) is 24.1. The van der Waals surface area contributed by atoms with Gasteiger partial charge in [0.2, 0.25) is 0 Å². The first-order valence-electron chi connectivity index (χ1n) is 11.6. The summed E-state index contributed by atoms with van der Waals surface area (Å²) in [6, 6.07) is 0. The van der Waals surface area contributed by atoms with E-state index in [1.807, 2.05) is 0 Å². The minimum absolute atomic E-state index is 0.136. The molecule has 2 atom stereocenters. The van der Waals surface area contributed by atoms with Crippen LogP contribution in [-0.4, -0.2) is 56.6 Å². The van der Waals surface area contributed by atoms with Gasteiger partial charge in [-0.2, -0.15) is 17.2 Å². The van der Waals surface area contributed by atoms with E-state index in [1.54, 1.807) is 7.11 Å². The molecule has 0 aromatic carbocycles. The number of halogens is 2. The van der Waals surface area contributed by atoms with Gasteiger partial charge in [0.15, 0.2) is 0 Å². The molecule has 0 aliphatic heterocycles. The van der Waals surface area contributed by atoms with Crippen LogP contribution in [0.5, 0.6) is 0 Å². The molecule has 0 amide bonds. The van der Waals surface area contributed by atoms with Crippen LogP contribution in [0.4, 0.5) is 8.78 Å². The van der Waals surface area contributed by atoms with Crippen LogP contribution in [0.25, 0.3) is 0 Å². The Labute approximate surface area is 192 Å². The maximum absolute atomic E-state index is 13.6. The van der Waals surface area contributed by atoms with Crippen molar-refractivity contribution >= 4 is 22.1 Å². The van der Waals surface area contributed by atoms with Crippen LogP contribution in [0.1, 0.15) is 64.2 Å². The lowest BCUT2D eigenvalue weighted by Crippen LogP contribution is -2.56. The molecule has 8 nitrogen and oxygen atoms in total. The number of methoxy groups -OCH3 is 1. The molecule has 0 aromatic rings. The quantitative estimate of drug-likeness (QED) is 0.403. The topological polar surface area (TPSA) is 116 Å². The number of carbonyl (C=O) groups excluding carboxylic acids is 2. The van der Waals surface area contributed by atoms with E-state index in [4.69, 9.17) is 18.8 Å². The lowest BCUT2D eigenvalue weighted by Gasteiger charge is -2.61. The molecule has 33 heavy (non-hydrogen) atoms. The van der Waals surface area contributed by atoms with Crippen LogP contribution < -0.4 is 0 Å². The number of esters is 2. The molecule has 1 N–H and O–H groups in total. The average molecular weight is 495 g/mol. The molecule has 4 bridgehead atoms. The number of rotatable bonds is 8. The number of alkyl halides is 2. The summed E-state index contributed by atoms with van der Waals surface area (Å²) in [7, 11) is -4.23. The van der Waals surface area contributed by atoms with Crippen LogP contribution in [-0.2, 0) is 33.9 Å². The molecule has 0 spiro atoms. The normalized spacial score (nSPS) is 38.2. The van der Waals surface area contributed by atoms with Crippen LogP contribution in [0.2, 0.25) is 0 Å². The first-order chi connectivity index (χ1) is 15.4. The molecule has 188 valence electrons. The smallest absolute Gasteiger partial charge is 0.465 e. The van der Waals surface area contributed by atoms with Gasteiger partial charge in [0.25, 0.3) is 0 Å². The monoisotopic (exact) mass is 494 g/mol. The third kappa shape index (κ3) is 4.91. The minimum atomic E-state index is -5.90. The van der Waals surface area contributed by atoms with Crippen molar-refractivity contribution in [1.82, 2.24) is 0 Å². The Morgan fingerprint density at radius 3 is 1.97 bits per heavy atom. The first-order valence-corrected chi connectivity index (χ1v) is 13.0. The molecule has 2 unspecified atom stereocenters. The lowest BCUT2D eigenvalue weighted by molar-refractivity contribution is -0.187. The molecule has 5 aliphatic rings. The van der Waals surface area contributed by atoms with E-state index in [2.05, 4.69) is 0 Å². The average Bonchev–Trinajstić information content (AvgIpc) is 2.74. The fourth-order valence-electron chi connectivity index (χ4n) is 7.27. The Kier molecular flexibility index (Phi) is 6.54. The van der Waals surface area contributed by atoms with E-state index in [9.17, 15) is 26.8 Å². The number of ether oxygens (including phenoxy) is 3. The summed E-state index contributed by atoms with van der Waals surface area (Å²) < 4.78 is 73.4. The number of hydrogen-bond acceptors (Lipinski definition) is 7. The Bertz CT molecular complexity index is 867. The molecule has 0 radical (unpaired) electrons. The largest absolute Gasteiger partial charge is 0.465 e. The van der Waals surface area contributed by atoms with Gasteiger partial charge in [-0.15, -0.1) is 0 Å². The molecule has 11 heteroatoms. The van der Waals surface area contributed by atoms with Crippen molar-refractivity contribution in [3.05, 3.63) is 0 Å².